The van der Waals surface area contributed by atoms with Crippen molar-refractivity contribution in [1.82, 2.24) is 0 Å². The smallest absolute Gasteiger partial charge is 0.423 e. The van der Waals surface area contributed by atoms with Crippen LogP contribution in [0.3, 0.4) is 0 Å². The van der Waals surface area contributed by atoms with E-state index in [-0.39, 0.29) is 0 Å². The summed E-state index contributed by atoms with van der Waals surface area (Å²) < 4.78 is 0. The van der Waals surface area contributed by atoms with E-state index in [4.69, 9.17) is 0 Å². The monoisotopic (exact) mass is 336 g/mol. The third-order valence-corrected chi connectivity index (χ3v) is 5.35. The summed E-state index contributed by atoms with van der Waals surface area (Å²) in [5, 5.41) is 21.2. The van der Waals surface area contributed by atoms with Gasteiger partial charge in [0.2, 0.25) is 0 Å². The molecule has 3 heteroatoms. The van der Waals surface area contributed by atoms with Gasteiger partial charge in [0.1, 0.15) is 0 Å². The minimum atomic E-state index is -1.43. The van der Waals surface area contributed by atoms with Crippen LogP contribution >= 0.6 is 0 Å². The van der Waals surface area contributed by atoms with E-state index in [0.29, 0.717) is 5.46 Å². The van der Waals surface area contributed by atoms with E-state index in [1.54, 1.807) is 12.1 Å². The molecule has 0 aromatic heterocycles. The van der Waals surface area contributed by atoms with Gasteiger partial charge < -0.3 is 10.0 Å². The van der Waals surface area contributed by atoms with Gasteiger partial charge in [-0.05, 0) is 62.1 Å². The van der Waals surface area contributed by atoms with Crippen molar-refractivity contribution in [1.29, 1.82) is 0 Å². The lowest BCUT2D eigenvalue weighted by Gasteiger charge is -2.08. The fraction of sp³-hybridized carbons (Fsp3) is 0.0435. The Bertz CT molecular complexity index is 1130. The molecule has 0 fully saturated rings. The standard InChI is InChI=1S/C23H17BO2/c25-24(26)19-10-7-15(8-11-19)17-5-6-18-14-23-20-4-2-1-3-16(20)9-12-21(23)22(18)13-17/h1-13,25-26H,14H2. The summed E-state index contributed by atoms with van der Waals surface area (Å²) in [5.41, 5.74) is 8.12. The predicted octanol–water partition coefficient (Wildman–Crippen LogP) is 3.76. The summed E-state index contributed by atoms with van der Waals surface area (Å²) in [6.45, 7) is 0. The van der Waals surface area contributed by atoms with Crippen LogP contribution in [0, 0.1) is 0 Å². The molecule has 0 radical (unpaired) electrons. The molecule has 0 unspecified atom stereocenters. The first-order valence-electron chi connectivity index (χ1n) is 8.81. The lowest BCUT2D eigenvalue weighted by atomic mass is 9.80. The second-order valence-electron chi connectivity index (χ2n) is 6.86. The third-order valence-electron chi connectivity index (χ3n) is 5.35. The van der Waals surface area contributed by atoms with E-state index < -0.39 is 7.12 Å². The van der Waals surface area contributed by atoms with Crippen LogP contribution in [-0.2, 0) is 6.42 Å². The van der Waals surface area contributed by atoms with Crippen molar-refractivity contribution in [3.8, 4) is 22.3 Å². The quantitative estimate of drug-likeness (QED) is 0.482. The molecule has 1 aliphatic rings. The Morgan fingerprint density at radius 1 is 0.692 bits per heavy atom. The summed E-state index contributed by atoms with van der Waals surface area (Å²) >= 11 is 0. The summed E-state index contributed by atoms with van der Waals surface area (Å²) in [5.74, 6) is 0. The maximum atomic E-state index is 9.26. The van der Waals surface area contributed by atoms with Gasteiger partial charge in [-0.15, -0.1) is 0 Å². The topological polar surface area (TPSA) is 40.5 Å². The summed E-state index contributed by atoms with van der Waals surface area (Å²) in [6.07, 6.45) is 0.974. The Hall–Kier alpha value is -2.88. The van der Waals surface area contributed by atoms with Crippen LogP contribution in [0.1, 0.15) is 11.1 Å². The Balaban J connectivity index is 1.62. The van der Waals surface area contributed by atoms with E-state index in [2.05, 4.69) is 54.6 Å². The molecule has 0 spiro atoms. The van der Waals surface area contributed by atoms with Gasteiger partial charge in [0.15, 0.2) is 0 Å². The van der Waals surface area contributed by atoms with Crippen molar-refractivity contribution in [2.24, 2.45) is 0 Å². The maximum Gasteiger partial charge on any atom is 0.488 e. The molecule has 0 aliphatic heterocycles. The molecule has 4 aromatic carbocycles. The van der Waals surface area contributed by atoms with Crippen LogP contribution in [0.15, 0.2) is 78.9 Å². The fourth-order valence-electron chi connectivity index (χ4n) is 3.98. The SMILES string of the molecule is OB(O)c1ccc(-c2ccc3c(c2)-c2ccc4ccccc4c2C3)cc1. The predicted molar refractivity (Wildman–Crippen MR) is 107 cm³/mol. The highest BCUT2D eigenvalue weighted by Crippen LogP contribution is 2.41. The Morgan fingerprint density at radius 2 is 1.46 bits per heavy atom. The molecule has 26 heavy (non-hydrogen) atoms. The molecule has 4 aromatic rings. The van der Waals surface area contributed by atoms with Crippen LogP contribution in [0.25, 0.3) is 33.0 Å². The fourth-order valence-corrected chi connectivity index (χ4v) is 3.98. The second kappa shape index (κ2) is 5.84. The van der Waals surface area contributed by atoms with Gasteiger partial charge in [0, 0.05) is 0 Å². The molecule has 0 amide bonds. The van der Waals surface area contributed by atoms with E-state index in [0.717, 1.165) is 17.5 Å². The van der Waals surface area contributed by atoms with Crippen molar-refractivity contribution in [2.45, 2.75) is 6.42 Å². The lowest BCUT2D eigenvalue weighted by Crippen LogP contribution is -2.29. The highest BCUT2D eigenvalue weighted by molar-refractivity contribution is 6.58. The molecule has 0 saturated heterocycles. The van der Waals surface area contributed by atoms with Gasteiger partial charge in [-0.3, -0.25) is 0 Å². The van der Waals surface area contributed by atoms with E-state index in [1.165, 1.54) is 33.0 Å². The van der Waals surface area contributed by atoms with Crippen LogP contribution in [0.4, 0.5) is 0 Å². The van der Waals surface area contributed by atoms with Crippen molar-refractivity contribution in [3.05, 3.63) is 90.0 Å². The minimum absolute atomic E-state index is 0.506. The molecule has 2 nitrogen and oxygen atoms in total. The van der Waals surface area contributed by atoms with Gasteiger partial charge in [-0.25, -0.2) is 0 Å². The molecule has 0 heterocycles. The van der Waals surface area contributed by atoms with Crippen LogP contribution < -0.4 is 5.46 Å². The van der Waals surface area contributed by atoms with Gasteiger partial charge >= 0.3 is 7.12 Å². The van der Waals surface area contributed by atoms with Crippen molar-refractivity contribution < 1.29 is 10.0 Å². The molecule has 5 rings (SSSR count). The number of fused-ring (bicyclic) bond motifs is 5. The molecule has 0 atom stereocenters. The number of benzene rings is 4. The Morgan fingerprint density at radius 3 is 2.27 bits per heavy atom. The van der Waals surface area contributed by atoms with E-state index >= 15 is 0 Å². The maximum absolute atomic E-state index is 9.26. The highest BCUT2D eigenvalue weighted by Gasteiger charge is 2.21. The van der Waals surface area contributed by atoms with Crippen LogP contribution in [0.2, 0.25) is 0 Å². The minimum Gasteiger partial charge on any atom is -0.423 e. The van der Waals surface area contributed by atoms with Crippen LogP contribution in [0.5, 0.6) is 0 Å². The van der Waals surface area contributed by atoms with Gasteiger partial charge in [-0.2, -0.15) is 0 Å². The zero-order valence-corrected chi connectivity index (χ0v) is 14.2. The van der Waals surface area contributed by atoms with E-state index in [9.17, 15) is 10.0 Å². The number of hydrogen-bond donors (Lipinski definition) is 2. The first kappa shape index (κ1) is 15.4. The number of hydrogen-bond acceptors (Lipinski definition) is 2. The van der Waals surface area contributed by atoms with Crippen LogP contribution in [-0.4, -0.2) is 17.2 Å². The van der Waals surface area contributed by atoms with Gasteiger partial charge in [0.05, 0.1) is 0 Å². The summed E-state index contributed by atoms with van der Waals surface area (Å²) in [6, 6.07) is 27.0. The molecule has 1 aliphatic carbocycles. The largest absolute Gasteiger partial charge is 0.488 e. The first-order valence-corrected chi connectivity index (χ1v) is 8.81. The molecule has 124 valence electrons. The molecular formula is C23H17BO2. The summed E-state index contributed by atoms with van der Waals surface area (Å²) in [4.78, 5) is 0. The van der Waals surface area contributed by atoms with Gasteiger partial charge in [0.25, 0.3) is 0 Å². The average Bonchev–Trinajstić information content (AvgIpc) is 3.06. The van der Waals surface area contributed by atoms with Crippen molar-refractivity contribution in [3.63, 3.8) is 0 Å². The lowest BCUT2D eigenvalue weighted by molar-refractivity contribution is 0.426. The zero-order valence-electron chi connectivity index (χ0n) is 14.2. The molecular weight excluding hydrogens is 319 g/mol. The van der Waals surface area contributed by atoms with E-state index in [1.807, 2.05) is 12.1 Å². The van der Waals surface area contributed by atoms with Crippen molar-refractivity contribution in [2.75, 3.05) is 0 Å². The summed E-state index contributed by atoms with van der Waals surface area (Å²) in [7, 11) is -1.43. The second-order valence-corrected chi connectivity index (χ2v) is 6.86. The molecule has 2 N–H and O–H groups in total. The Labute approximate surface area is 152 Å². The highest BCUT2D eigenvalue weighted by atomic mass is 16.4. The van der Waals surface area contributed by atoms with Gasteiger partial charge in [-0.1, -0.05) is 72.8 Å². The first-order chi connectivity index (χ1) is 12.7. The van der Waals surface area contributed by atoms with Crippen molar-refractivity contribution >= 4 is 23.4 Å². The molecule has 0 bridgehead atoms. The Kier molecular flexibility index (Phi) is 3.45. The number of rotatable bonds is 2. The normalized spacial score (nSPS) is 12.1. The average molecular weight is 336 g/mol. The third kappa shape index (κ3) is 2.37. The zero-order chi connectivity index (χ0) is 17.7. The molecule has 0 saturated carbocycles.